The molecule has 18 heavy (non-hydrogen) atoms. The number of carboxylic acids is 1. The largest absolute Gasteiger partial charge is 0.550 e. The molecule has 0 aliphatic heterocycles. The lowest BCUT2D eigenvalue weighted by molar-refractivity contribution is -0.893. The Morgan fingerprint density at radius 1 is 1.39 bits per heavy atom. The molecule has 5 heteroatoms. The normalized spacial score (nSPS) is 12.8. The van der Waals surface area contributed by atoms with E-state index < -0.39 is 11.9 Å². The first-order valence-corrected chi connectivity index (χ1v) is 6.12. The Bertz CT molecular complexity index is 299. The van der Waals surface area contributed by atoms with Crippen LogP contribution >= 0.6 is 0 Å². The molecule has 1 atom stereocenters. The highest BCUT2D eigenvalue weighted by atomic mass is 16.5. The van der Waals surface area contributed by atoms with E-state index in [4.69, 9.17) is 4.74 Å². The van der Waals surface area contributed by atoms with Crippen molar-refractivity contribution in [3.8, 4) is 0 Å². The van der Waals surface area contributed by atoms with E-state index in [1.165, 1.54) is 0 Å². The summed E-state index contributed by atoms with van der Waals surface area (Å²) in [6.07, 6.45) is 2.48. The topological polar surface area (TPSA) is 66.4 Å². The van der Waals surface area contributed by atoms with E-state index in [0.29, 0.717) is 17.4 Å². The van der Waals surface area contributed by atoms with E-state index in [1.54, 1.807) is 0 Å². The number of carbonyl (C=O) groups is 2. The SMILES string of the molecule is C=CC(=O)OC(C)C[N+](C)(C)CCCCC(=O)[O-]. The molecule has 5 nitrogen and oxygen atoms in total. The number of rotatable bonds is 9. The van der Waals surface area contributed by atoms with E-state index in [0.717, 1.165) is 19.0 Å². The predicted octanol–water partition coefficient (Wildman–Crippen LogP) is 0.101. The number of nitrogens with zero attached hydrogens (tertiary/aromatic N) is 1. The van der Waals surface area contributed by atoms with Gasteiger partial charge in [0.1, 0.15) is 12.6 Å². The first-order valence-electron chi connectivity index (χ1n) is 6.12. The van der Waals surface area contributed by atoms with Crippen molar-refractivity contribution in [2.75, 3.05) is 27.2 Å². The fourth-order valence-electron chi connectivity index (χ4n) is 1.88. The number of hydrogen-bond acceptors (Lipinski definition) is 4. The van der Waals surface area contributed by atoms with Crippen LogP contribution in [0.25, 0.3) is 0 Å². The van der Waals surface area contributed by atoms with Gasteiger partial charge in [-0.1, -0.05) is 6.58 Å². The lowest BCUT2D eigenvalue weighted by atomic mass is 10.2. The Kier molecular flexibility index (Phi) is 7.27. The Balaban J connectivity index is 3.94. The highest BCUT2D eigenvalue weighted by molar-refractivity contribution is 5.81. The van der Waals surface area contributed by atoms with Crippen LogP contribution in [-0.4, -0.2) is 49.7 Å². The minimum absolute atomic E-state index is 0.0982. The van der Waals surface area contributed by atoms with Gasteiger partial charge in [0.15, 0.2) is 0 Å². The van der Waals surface area contributed by atoms with Crippen molar-refractivity contribution >= 4 is 11.9 Å². The molecule has 0 saturated carbocycles. The molecular formula is C13H23NO4. The molecule has 0 aromatic carbocycles. The van der Waals surface area contributed by atoms with Gasteiger partial charge in [0.2, 0.25) is 0 Å². The Morgan fingerprint density at radius 3 is 2.50 bits per heavy atom. The van der Waals surface area contributed by atoms with Crippen molar-refractivity contribution in [2.24, 2.45) is 0 Å². The molecule has 104 valence electrons. The van der Waals surface area contributed by atoms with Crippen LogP contribution in [0.2, 0.25) is 0 Å². The van der Waals surface area contributed by atoms with Gasteiger partial charge in [0, 0.05) is 12.0 Å². The van der Waals surface area contributed by atoms with Gasteiger partial charge in [-0.2, -0.15) is 0 Å². The number of hydrogen-bond donors (Lipinski definition) is 0. The molecule has 0 aliphatic rings. The Hall–Kier alpha value is -1.36. The second-order valence-corrected chi connectivity index (χ2v) is 5.12. The van der Waals surface area contributed by atoms with Gasteiger partial charge in [0.25, 0.3) is 0 Å². The molecule has 0 heterocycles. The van der Waals surface area contributed by atoms with Crippen molar-refractivity contribution < 1.29 is 23.9 Å². The molecule has 0 aromatic rings. The zero-order chi connectivity index (χ0) is 14.2. The summed E-state index contributed by atoms with van der Waals surface area (Å²) in [5, 5.41) is 10.3. The molecule has 0 N–H and O–H groups in total. The van der Waals surface area contributed by atoms with Gasteiger partial charge in [-0.3, -0.25) is 0 Å². The van der Waals surface area contributed by atoms with Gasteiger partial charge in [-0.25, -0.2) is 4.79 Å². The summed E-state index contributed by atoms with van der Waals surface area (Å²) in [4.78, 5) is 21.3. The highest BCUT2D eigenvalue weighted by Crippen LogP contribution is 2.07. The summed E-state index contributed by atoms with van der Waals surface area (Å²) < 4.78 is 5.78. The smallest absolute Gasteiger partial charge is 0.330 e. The number of ether oxygens (including phenoxy) is 1. The number of carbonyl (C=O) groups excluding carboxylic acids is 2. The lowest BCUT2D eigenvalue weighted by Crippen LogP contribution is -2.46. The monoisotopic (exact) mass is 257 g/mol. The summed E-state index contributed by atoms with van der Waals surface area (Å²) >= 11 is 0. The number of unbranched alkanes of at least 4 members (excludes halogenated alkanes) is 1. The maximum Gasteiger partial charge on any atom is 0.330 e. The van der Waals surface area contributed by atoms with Crippen LogP contribution < -0.4 is 5.11 Å². The molecule has 0 bridgehead atoms. The third-order valence-electron chi connectivity index (χ3n) is 2.63. The fourth-order valence-corrected chi connectivity index (χ4v) is 1.88. The second kappa shape index (κ2) is 7.87. The number of quaternary nitrogens is 1. The molecule has 0 rings (SSSR count). The number of aliphatic carboxylic acids is 1. The summed E-state index contributed by atoms with van der Waals surface area (Å²) in [5.74, 6) is -1.42. The van der Waals surface area contributed by atoms with Gasteiger partial charge in [-0.05, 0) is 26.2 Å². The molecule has 0 aliphatic carbocycles. The minimum Gasteiger partial charge on any atom is -0.550 e. The van der Waals surface area contributed by atoms with Crippen LogP contribution in [-0.2, 0) is 14.3 Å². The van der Waals surface area contributed by atoms with Gasteiger partial charge < -0.3 is 19.1 Å². The quantitative estimate of drug-likeness (QED) is 0.254. The van der Waals surface area contributed by atoms with E-state index in [1.807, 2.05) is 21.0 Å². The maximum absolute atomic E-state index is 11.0. The lowest BCUT2D eigenvalue weighted by Gasteiger charge is -2.32. The number of likely N-dealkylation sites (N-methyl/N-ethyl adjacent to an activating group) is 1. The fraction of sp³-hybridized carbons (Fsp3) is 0.692. The second-order valence-electron chi connectivity index (χ2n) is 5.12. The van der Waals surface area contributed by atoms with Crippen molar-refractivity contribution in [1.29, 1.82) is 0 Å². The predicted molar refractivity (Wildman–Crippen MR) is 66.5 cm³/mol. The molecular weight excluding hydrogens is 234 g/mol. The van der Waals surface area contributed by atoms with Crippen LogP contribution in [0.1, 0.15) is 26.2 Å². The Morgan fingerprint density at radius 2 is 2.00 bits per heavy atom. The highest BCUT2D eigenvalue weighted by Gasteiger charge is 2.20. The van der Waals surface area contributed by atoms with E-state index >= 15 is 0 Å². The van der Waals surface area contributed by atoms with Crippen LogP contribution in [0.4, 0.5) is 0 Å². The average Bonchev–Trinajstić information content (AvgIpc) is 2.23. The first kappa shape index (κ1) is 16.6. The van der Waals surface area contributed by atoms with Crippen molar-refractivity contribution in [2.45, 2.75) is 32.3 Å². The third-order valence-corrected chi connectivity index (χ3v) is 2.63. The zero-order valence-electron chi connectivity index (χ0n) is 11.5. The van der Waals surface area contributed by atoms with E-state index in [-0.39, 0.29) is 12.5 Å². The maximum atomic E-state index is 11.0. The average molecular weight is 257 g/mol. The molecule has 0 radical (unpaired) electrons. The summed E-state index contributed by atoms with van der Waals surface area (Å²) in [7, 11) is 4.05. The van der Waals surface area contributed by atoms with E-state index in [2.05, 4.69) is 6.58 Å². The minimum atomic E-state index is -1.01. The van der Waals surface area contributed by atoms with Crippen molar-refractivity contribution in [3.05, 3.63) is 12.7 Å². The molecule has 0 amide bonds. The van der Waals surface area contributed by atoms with Gasteiger partial charge in [-0.15, -0.1) is 0 Å². The molecule has 0 saturated heterocycles. The summed E-state index contributed by atoms with van der Waals surface area (Å²) in [6, 6.07) is 0. The van der Waals surface area contributed by atoms with Crippen LogP contribution in [0.5, 0.6) is 0 Å². The number of carboxylic acid groups (broad SMARTS) is 1. The summed E-state index contributed by atoms with van der Waals surface area (Å²) in [5.41, 5.74) is 0. The van der Waals surface area contributed by atoms with Gasteiger partial charge in [0.05, 0.1) is 20.6 Å². The molecule has 0 spiro atoms. The zero-order valence-corrected chi connectivity index (χ0v) is 11.5. The van der Waals surface area contributed by atoms with Crippen molar-refractivity contribution in [1.82, 2.24) is 0 Å². The van der Waals surface area contributed by atoms with Crippen LogP contribution in [0, 0.1) is 0 Å². The molecule has 1 unspecified atom stereocenters. The third kappa shape index (κ3) is 8.75. The first-order chi connectivity index (χ1) is 8.26. The van der Waals surface area contributed by atoms with Crippen molar-refractivity contribution in [3.63, 3.8) is 0 Å². The Labute approximate surface area is 109 Å². The van der Waals surface area contributed by atoms with E-state index in [9.17, 15) is 14.7 Å². The number of esters is 1. The molecule has 0 fully saturated rings. The summed E-state index contributed by atoms with van der Waals surface area (Å²) in [6.45, 7) is 6.70. The van der Waals surface area contributed by atoms with Crippen LogP contribution in [0.3, 0.4) is 0 Å². The molecule has 0 aromatic heterocycles. The standard InChI is InChI=1S/C13H23NO4/c1-5-13(17)18-11(2)10-14(3,4)9-7-6-8-12(15)16/h5,11H,1,6-10H2,2-4H3. The van der Waals surface area contributed by atoms with Crippen LogP contribution in [0.15, 0.2) is 12.7 Å². The van der Waals surface area contributed by atoms with Gasteiger partial charge >= 0.3 is 5.97 Å².